The molecule has 1 amide bonds. The predicted molar refractivity (Wildman–Crippen MR) is 104 cm³/mol. The van der Waals surface area contributed by atoms with E-state index in [0.717, 1.165) is 24.9 Å². The topological polar surface area (TPSA) is 61.5 Å². The van der Waals surface area contributed by atoms with E-state index in [1.54, 1.807) is 0 Å². The minimum atomic E-state index is -0.0768. The first-order chi connectivity index (χ1) is 12.7. The van der Waals surface area contributed by atoms with Crippen LogP contribution in [0.3, 0.4) is 0 Å². The second kappa shape index (κ2) is 7.34. The van der Waals surface area contributed by atoms with Crippen molar-refractivity contribution in [2.24, 2.45) is 0 Å². The Morgan fingerprint density at radius 3 is 2.65 bits per heavy atom. The Balaban J connectivity index is 1.56. The van der Waals surface area contributed by atoms with Crippen LogP contribution in [-0.4, -0.2) is 29.5 Å². The van der Waals surface area contributed by atoms with Crippen molar-refractivity contribution < 1.29 is 10.1 Å². The van der Waals surface area contributed by atoms with Gasteiger partial charge in [0.25, 0.3) is 5.91 Å². The summed E-state index contributed by atoms with van der Waals surface area (Å²) in [7, 11) is 0. The molecule has 0 unspecified atom stereocenters. The van der Waals surface area contributed by atoms with Crippen LogP contribution in [0.1, 0.15) is 36.8 Å². The molecule has 0 spiro atoms. The first-order valence-corrected chi connectivity index (χ1v) is 9.47. The van der Waals surface area contributed by atoms with Gasteiger partial charge in [-0.1, -0.05) is 48.5 Å². The second-order valence-electron chi connectivity index (χ2n) is 7.30. The fourth-order valence-corrected chi connectivity index (χ4v) is 3.52. The average Bonchev–Trinajstić information content (AvgIpc) is 3.39. The fraction of sp³-hybridized carbons (Fsp3) is 0.318. The minimum Gasteiger partial charge on any atom is -0.361 e. The number of aromatic amines is 1. The molecule has 1 aliphatic rings. The molecule has 4 nitrogen and oxygen atoms in total. The number of para-hydroxylation sites is 1. The maximum Gasteiger partial charge on any atom is 0.278 e. The van der Waals surface area contributed by atoms with Crippen LogP contribution in [0.5, 0.6) is 0 Å². The lowest BCUT2D eigenvalue weighted by Gasteiger charge is -2.18. The SMILES string of the molecule is C[C@H]([NH2+]C[C@H](c1ccccc1)c1c[nH]c2ccccc12)C(=O)NC1CC1. The lowest BCUT2D eigenvalue weighted by atomic mass is 9.90. The number of carbonyl (C=O) groups excluding carboxylic acids is 1. The Hall–Kier alpha value is -2.59. The lowest BCUT2D eigenvalue weighted by Crippen LogP contribution is -2.92. The number of rotatable bonds is 7. The number of quaternary nitrogens is 1. The molecule has 2 aromatic carbocycles. The summed E-state index contributed by atoms with van der Waals surface area (Å²) in [6.45, 7) is 2.83. The smallest absolute Gasteiger partial charge is 0.278 e. The van der Waals surface area contributed by atoms with Crippen molar-refractivity contribution >= 4 is 16.8 Å². The summed E-state index contributed by atoms with van der Waals surface area (Å²) in [6, 6.07) is 19.3. The molecule has 3 aromatic rings. The first kappa shape index (κ1) is 16.9. The van der Waals surface area contributed by atoms with Crippen molar-refractivity contribution in [3.05, 3.63) is 71.9 Å². The van der Waals surface area contributed by atoms with Gasteiger partial charge in [0.1, 0.15) is 0 Å². The summed E-state index contributed by atoms with van der Waals surface area (Å²) in [4.78, 5) is 15.7. The van der Waals surface area contributed by atoms with E-state index < -0.39 is 0 Å². The third-order valence-corrected chi connectivity index (χ3v) is 5.26. The van der Waals surface area contributed by atoms with Crippen LogP contribution in [0.15, 0.2) is 60.8 Å². The number of aromatic nitrogens is 1. The van der Waals surface area contributed by atoms with Crippen molar-refractivity contribution in [1.29, 1.82) is 0 Å². The number of benzene rings is 2. The van der Waals surface area contributed by atoms with Crippen LogP contribution in [-0.2, 0) is 4.79 Å². The zero-order valence-electron chi connectivity index (χ0n) is 15.1. The Morgan fingerprint density at radius 2 is 1.88 bits per heavy atom. The Morgan fingerprint density at radius 1 is 1.15 bits per heavy atom. The molecule has 1 fully saturated rings. The van der Waals surface area contributed by atoms with Crippen LogP contribution >= 0.6 is 0 Å². The molecule has 0 bridgehead atoms. The molecular weight excluding hydrogens is 322 g/mol. The zero-order valence-corrected chi connectivity index (χ0v) is 15.1. The highest BCUT2D eigenvalue weighted by atomic mass is 16.2. The Bertz CT molecular complexity index is 883. The standard InChI is InChI=1S/C22H25N3O/c1-15(22(26)25-17-11-12-17)23-13-19(16-7-3-2-4-8-16)20-14-24-21-10-6-5-9-18(20)21/h2-10,14-15,17,19,23-24H,11-13H2,1H3,(H,25,26)/p+1/t15-,19+/m0/s1. The molecule has 4 heteroatoms. The quantitative estimate of drug-likeness (QED) is 0.604. The van der Waals surface area contributed by atoms with E-state index in [2.05, 4.69) is 70.3 Å². The minimum absolute atomic E-state index is 0.0768. The van der Waals surface area contributed by atoms with Crippen molar-refractivity contribution in [1.82, 2.24) is 10.3 Å². The van der Waals surface area contributed by atoms with E-state index >= 15 is 0 Å². The molecule has 134 valence electrons. The van der Waals surface area contributed by atoms with Gasteiger partial charge in [-0.3, -0.25) is 4.79 Å². The fourth-order valence-electron chi connectivity index (χ4n) is 3.52. The van der Waals surface area contributed by atoms with Crippen LogP contribution in [0.2, 0.25) is 0 Å². The zero-order chi connectivity index (χ0) is 17.9. The van der Waals surface area contributed by atoms with E-state index in [1.807, 2.05) is 13.0 Å². The van der Waals surface area contributed by atoms with Crippen LogP contribution < -0.4 is 10.6 Å². The number of H-pyrrole nitrogens is 1. The van der Waals surface area contributed by atoms with Gasteiger partial charge in [-0.2, -0.15) is 0 Å². The Kier molecular flexibility index (Phi) is 4.76. The second-order valence-corrected chi connectivity index (χ2v) is 7.30. The average molecular weight is 348 g/mol. The molecule has 0 radical (unpaired) electrons. The van der Waals surface area contributed by atoms with Gasteiger partial charge in [-0.05, 0) is 37.0 Å². The van der Waals surface area contributed by atoms with Crippen molar-refractivity contribution in [3.63, 3.8) is 0 Å². The van der Waals surface area contributed by atoms with Gasteiger partial charge in [0.2, 0.25) is 0 Å². The van der Waals surface area contributed by atoms with Gasteiger partial charge in [-0.25, -0.2) is 0 Å². The van der Waals surface area contributed by atoms with Gasteiger partial charge in [0.15, 0.2) is 6.04 Å². The van der Waals surface area contributed by atoms with Gasteiger partial charge < -0.3 is 15.6 Å². The largest absolute Gasteiger partial charge is 0.361 e. The summed E-state index contributed by atoms with van der Waals surface area (Å²) in [6.07, 6.45) is 4.37. The van der Waals surface area contributed by atoms with E-state index in [-0.39, 0.29) is 17.9 Å². The number of nitrogens with two attached hydrogens (primary N) is 1. The monoisotopic (exact) mass is 348 g/mol. The summed E-state index contributed by atoms with van der Waals surface area (Å²) in [5.74, 6) is 0.391. The molecule has 1 heterocycles. The summed E-state index contributed by atoms with van der Waals surface area (Å²) in [5, 5.41) is 6.52. The highest BCUT2D eigenvalue weighted by molar-refractivity contribution is 5.84. The highest BCUT2D eigenvalue weighted by Gasteiger charge is 2.28. The molecule has 4 N–H and O–H groups in total. The molecular formula is C22H26N3O+. The molecule has 2 atom stereocenters. The number of amides is 1. The third-order valence-electron chi connectivity index (χ3n) is 5.26. The molecule has 4 rings (SSSR count). The van der Waals surface area contributed by atoms with E-state index in [1.165, 1.54) is 16.5 Å². The summed E-state index contributed by atoms with van der Waals surface area (Å²) >= 11 is 0. The van der Waals surface area contributed by atoms with Crippen LogP contribution in [0, 0.1) is 0 Å². The van der Waals surface area contributed by atoms with Gasteiger partial charge >= 0.3 is 0 Å². The third kappa shape index (κ3) is 3.65. The maximum atomic E-state index is 12.3. The highest BCUT2D eigenvalue weighted by Crippen LogP contribution is 2.29. The molecule has 0 aliphatic heterocycles. The number of nitrogens with one attached hydrogen (secondary N) is 2. The van der Waals surface area contributed by atoms with Crippen LogP contribution in [0.4, 0.5) is 0 Å². The molecule has 1 saturated carbocycles. The Labute approximate surface area is 154 Å². The maximum absolute atomic E-state index is 12.3. The molecule has 26 heavy (non-hydrogen) atoms. The van der Waals surface area contributed by atoms with E-state index in [4.69, 9.17) is 0 Å². The summed E-state index contributed by atoms with van der Waals surface area (Å²) in [5.41, 5.74) is 3.73. The van der Waals surface area contributed by atoms with Crippen molar-refractivity contribution in [3.8, 4) is 0 Å². The normalized spacial score (nSPS) is 16.3. The molecule has 1 aliphatic carbocycles. The number of hydrogen-bond acceptors (Lipinski definition) is 1. The van der Waals surface area contributed by atoms with Gasteiger partial charge in [0.05, 0.1) is 12.5 Å². The van der Waals surface area contributed by atoms with Gasteiger partial charge in [-0.15, -0.1) is 0 Å². The number of hydrogen-bond donors (Lipinski definition) is 3. The molecule has 0 saturated heterocycles. The first-order valence-electron chi connectivity index (χ1n) is 9.47. The molecule has 1 aromatic heterocycles. The van der Waals surface area contributed by atoms with Crippen LogP contribution in [0.25, 0.3) is 10.9 Å². The van der Waals surface area contributed by atoms with Crippen molar-refractivity contribution in [2.75, 3.05) is 6.54 Å². The number of fused-ring (bicyclic) bond motifs is 1. The van der Waals surface area contributed by atoms with Gasteiger partial charge in [0, 0.05) is 23.1 Å². The van der Waals surface area contributed by atoms with E-state index in [9.17, 15) is 4.79 Å². The lowest BCUT2D eigenvalue weighted by molar-refractivity contribution is -0.674. The van der Waals surface area contributed by atoms with E-state index in [0.29, 0.717) is 6.04 Å². The number of carbonyl (C=O) groups is 1. The summed E-state index contributed by atoms with van der Waals surface area (Å²) < 4.78 is 0. The van der Waals surface area contributed by atoms with Crippen molar-refractivity contribution in [2.45, 2.75) is 37.8 Å². The predicted octanol–water partition coefficient (Wildman–Crippen LogP) is 2.53.